The van der Waals surface area contributed by atoms with Crippen LogP contribution in [0.15, 0.2) is 66.7 Å². The molecule has 0 atom stereocenters. The highest BCUT2D eigenvalue weighted by atomic mass is 15.1. The number of hydrogen-bond donors (Lipinski definition) is 1. The van der Waals surface area contributed by atoms with Gasteiger partial charge in [-0.3, -0.25) is 0 Å². The van der Waals surface area contributed by atoms with Crippen LogP contribution in [0.1, 0.15) is 22.6 Å². The van der Waals surface area contributed by atoms with E-state index in [0.717, 1.165) is 16.9 Å². The first-order valence-electron chi connectivity index (χ1n) is 9.89. The van der Waals surface area contributed by atoms with Crippen LogP contribution >= 0.6 is 0 Å². The number of rotatable bonds is 6. The predicted molar refractivity (Wildman–Crippen MR) is 128 cm³/mol. The first-order valence-corrected chi connectivity index (χ1v) is 9.89. The summed E-state index contributed by atoms with van der Waals surface area (Å²) in [4.78, 5) is 6.31. The molecule has 29 heavy (non-hydrogen) atoms. The van der Waals surface area contributed by atoms with Crippen molar-refractivity contribution < 1.29 is 0 Å². The quantitative estimate of drug-likeness (QED) is 0.493. The van der Waals surface area contributed by atoms with Gasteiger partial charge in [0.2, 0.25) is 0 Å². The van der Waals surface area contributed by atoms with Crippen LogP contribution in [0.5, 0.6) is 0 Å². The molecule has 0 saturated heterocycles. The van der Waals surface area contributed by atoms with Gasteiger partial charge in [0.05, 0.1) is 0 Å². The zero-order valence-corrected chi connectivity index (χ0v) is 18.3. The van der Waals surface area contributed by atoms with Crippen molar-refractivity contribution in [3.8, 4) is 0 Å². The number of nitrogen functional groups attached to an aromatic ring is 1. The Morgan fingerprint density at radius 3 is 1.28 bits per heavy atom. The van der Waals surface area contributed by atoms with E-state index in [4.69, 9.17) is 5.73 Å². The summed E-state index contributed by atoms with van der Waals surface area (Å²) < 4.78 is 0. The van der Waals surface area contributed by atoms with E-state index in [9.17, 15) is 0 Å². The molecule has 0 heterocycles. The highest BCUT2D eigenvalue weighted by molar-refractivity contribution is 5.64. The average molecular weight is 389 g/mol. The molecule has 0 aliphatic carbocycles. The molecule has 0 amide bonds. The second kappa shape index (κ2) is 8.48. The topological polar surface area (TPSA) is 35.7 Å². The fraction of sp³-hybridized carbons (Fsp3) is 0.280. The molecular formula is C25H32N4. The molecule has 0 fully saturated rings. The molecule has 4 nitrogen and oxygen atoms in total. The fourth-order valence-corrected chi connectivity index (χ4v) is 3.58. The van der Waals surface area contributed by atoms with Gasteiger partial charge in [-0.05, 0) is 53.1 Å². The first-order chi connectivity index (χ1) is 13.8. The Balaban J connectivity index is 2.11. The summed E-state index contributed by atoms with van der Waals surface area (Å²) in [6.45, 7) is 0. The van der Waals surface area contributed by atoms with Crippen LogP contribution in [0.4, 0.5) is 22.7 Å². The third-order valence-electron chi connectivity index (χ3n) is 5.38. The van der Waals surface area contributed by atoms with Gasteiger partial charge in [0.1, 0.15) is 0 Å². The van der Waals surface area contributed by atoms with E-state index in [0.29, 0.717) is 0 Å². The van der Waals surface area contributed by atoms with Crippen molar-refractivity contribution in [2.75, 3.05) is 62.7 Å². The first kappa shape index (κ1) is 20.6. The summed E-state index contributed by atoms with van der Waals surface area (Å²) in [6.07, 6.45) is 0. The summed E-state index contributed by atoms with van der Waals surface area (Å²) in [5, 5.41) is 0. The van der Waals surface area contributed by atoms with E-state index in [-0.39, 0.29) is 5.92 Å². The molecular weight excluding hydrogens is 356 g/mol. The van der Waals surface area contributed by atoms with E-state index in [1.54, 1.807) is 0 Å². The lowest BCUT2D eigenvalue weighted by molar-refractivity contribution is 0.974. The summed E-state index contributed by atoms with van der Waals surface area (Å²) >= 11 is 0. The highest BCUT2D eigenvalue weighted by Gasteiger charge is 2.20. The van der Waals surface area contributed by atoms with Crippen molar-refractivity contribution >= 4 is 22.7 Å². The van der Waals surface area contributed by atoms with Gasteiger partial charge in [0, 0.05) is 71.0 Å². The van der Waals surface area contributed by atoms with Gasteiger partial charge in [-0.2, -0.15) is 0 Å². The van der Waals surface area contributed by atoms with Crippen LogP contribution in [0.3, 0.4) is 0 Å². The average Bonchev–Trinajstić information content (AvgIpc) is 2.70. The Bertz CT molecular complexity index is 890. The van der Waals surface area contributed by atoms with Crippen LogP contribution in [-0.2, 0) is 0 Å². The Hall–Kier alpha value is -3.14. The van der Waals surface area contributed by atoms with Crippen molar-refractivity contribution in [1.29, 1.82) is 0 Å². The van der Waals surface area contributed by atoms with Crippen LogP contribution < -0.4 is 20.4 Å². The Kier molecular flexibility index (Phi) is 6.02. The predicted octanol–water partition coefficient (Wildman–Crippen LogP) is 4.65. The van der Waals surface area contributed by atoms with E-state index in [1.165, 1.54) is 22.5 Å². The lowest BCUT2D eigenvalue weighted by atomic mass is 9.84. The van der Waals surface area contributed by atoms with Gasteiger partial charge in [-0.15, -0.1) is 0 Å². The second-order valence-corrected chi connectivity index (χ2v) is 8.11. The molecule has 0 spiro atoms. The summed E-state index contributed by atoms with van der Waals surface area (Å²) in [5.74, 6) is 0.0821. The molecule has 152 valence electrons. The van der Waals surface area contributed by atoms with Crippen LogP contribution in [0.25, 0.3) is 0 Å². The number of anilines is 4. The van der Waals surface area contributed by atoms with Gasteiger partial charge in [-0.1, -0.05) is 30.3 Å². The van der Waals surface area contributed by atoms with Gasteiger partial charge in [0.25, 0.3) is 0 Å². The highest BCUT2D eigenvalue weighted by Crippen LogP contribution is 2.37. The van der Waals surface area contributed by atoms with Gasteiger partial charge in [-0.25, -0.2) is 0 Å². The third kappa shape index (κ3) is 4.48. The maximum absolute atomic E-state index is 6.55. The number of nitrogens with zero attached hydrogens (tertiary/aromatic N) is 3. The van der Waals surface area contributed by atoms with Crippen LogP contribution in [0, 0.1) is 0 Å². The molecule has 2 N–H and O–H groups in total. The lowest BCUT2D eigenvalue weighted by Crippen LogP contribution is -2.12. The van der Waals surface area contributed by atoms with E-state index >= 15 is 0 Å². The maximum Gasteiger partial charge on any atom is 0.0381 e. The molecule has 3 aromatic rings. The monoisotopic (exact) mass is 388 g/mol. The molecule has 0 saturated carbocycles. The largest absolute Gasteiger partial charge is 0.398 e. The van der Waals surface area contributed by atoms with Crippen LogP contribution in [0.2, 0.25) is 0 Å². The molecule has 0 aliphatic rings. The van der Waals surface area contributed by atoms with E-state index in [2.05, 4.69) is 110 Å². The second-order valence-electron chi connectivity index (χ2n) is 8.11. The minimum Gasteiger partial charge on any atom is -0.398 e. The standard InChI is InChI=1S/C25H32N4/c1-27(2)20-11-7-18(8-12-20)25(19-9-13-21(14-10-19)28(3)4)23-16-15-22(29(5)6)17-24(23)26/h7-17,25H,26H2,1-6H3. The molecule has 0 bridgehead atoms. The number of hydrogen-bond acceptors (Lipinski definition) is 4. The van der Waals surface area contributed by atoms with Gasteiger partial charge in [0.15, 0.2) is 0 Å². The zero-order chi connectivity index (χ0) is 21.1. The summed E-state index contributed by atoms with van der Waals surface area (Å²) in [7, 11) is 12.3. The Morgan fingerprint density at radius 1 is 0.552 bits per heavy atom. The van der Waals surface area contributed by atoms with E-state index in [1.807, 2.05) is 14.1 Å². The minimum atomic E-state index is 0.0821. The smallest absolute Gasteiger partial charge is 0.0381 e. The SMILES string of the molecule is CN(C)c1ccc(C(c2ccc(N(C)C)cc2)c2ccc(N(C)C)cc2N)cc1. The minimum absolute atomic E-state index is 0.0821. The zero-order valence-electron chi connectivity index (χ0n) is 18.3. The van der Waals surface area contributed by atoms with Crippen molar-refractivity contribution in [3.05, 3.63) is 83.4 Å². The van der Waals surface area contributed by atoms with E-state index < -0.39 is 0 Å². The van der Waals surface area contributed by atoms with Crippen molar-refractivity contribution in [2.24, 2.45) is 0 Å². The fourth-order valence-electron chi connectivity index (χ4n) is 3.58. The molecule has 0 radical (unpaired) electrons. The molecule has 0 aromatic heterocycles. The molecule has 3 aromatic carbocycles. The molecule has 3 rings (SSSR count). The molecule has 4 heteroatoms. The normalized spacial score (nSPS) is 10.9. The molecule has 0 aliphatic heterocycles. The third-order valence-corrected chi connectivity index (χ3v) is 5.38. The van der Waals surface area contributed by atoms with Gasteiger partial charge < -0.3 is 20.4 Å². The van der Waals surface area contributed by atoms with Crippen molar-refractivity contribution in [3.63, 3.8) is 0 Å². The Labute approximate surface area is 175 Å². The summed E-state index contributed by atoms with van der Waals surface area (Å²) in [6, 6.07) is 23.9. The van der Waals surface area contributed by atoms with Gasteiger partial charge >= 0.3 is 0 Å². The Morgan fingerprint density at radius 2 is 0.931 bits per heavy atom. The van der Waals surface area contributed by atoms with Crippen molar-refractivity contribution in [2.45, 2.75) is 5.92 Å². The maximum atomic E-state index is 6.55. The van der Waals surface area contributed by atoms with Crippen LogP contribution in [-0.4, -0.2) is 42.3 Å². The number of nitrogens with two attached hydrogens (primary N) is 1. The van der Waals surface area contributed by atoms with Crippen molar-refractivity contribution in [1.82, 2.24) is 0 Å². The molecule has 0 unspecified atom stereocenters. The summed E-state index contributed by atoms with van der Waals surface area (Å²) in [5.41, 5.74) is 14.4. The number of benzene rings is 3. The lowest BCUT2D eigenvalue weighted by Gasteiger charge is -2.24.